The number of aliphatic carboxylic acids is 1. The number of hydrazine groups is 1. The van der Waals surface area contributed by atoms with E-state index in [1.165, 1.54) is 0 Å². The number of amides is 2. The van der Waals surface area contributed by atoms with Crippen LogP contribution < -0.4 is 10.9 Å². The second kappa shape index (κ2) is 6.89. The van der Waals surface area contributed by atoms with E-state index in [1.807, 2.05) is 13.0 Å². The Balaban J connectivity index is 1.96. The average molecular weight is 302 g/mol. The first-order valence-corrected chi connectivity index (χ1v) is 7.03. The number of carboxylic acids is 1. The molecule has 2 atom stereocenters. The maximum atomic E-state index is 12.1. The van der Waals surface area contributed by atoms with Gasteiger partial charge in [-0.2, -0.15) is 0 Å². The molecule has 0 saturated carbocycles. The highest BCUT2D eigenvalue weighted by atomic mass is 16.4. The van der Waals surface area contributed by atoms with Gasteiger partial charge in [0.2, 0.25) is 5.91 Å². The van der Waals surface area contributed by atoms with Crippen LogP contribution in [0.1, 0.15) is 28.8 Å². The first-order chi connectivity index (χ1) is 10.5. The van der Waals surface area contributed by atoms with E-state index >= 15 is 0 Å². The smallest absolute Gasteiger partial charge is 0.307 e. The van der Waals surface area contributed by atoms with Gasteiger partial charge in [0.25, 0.3) is 5.91 Å². The quantitative estimate of drug-likeness (QED) is 0.581. The largest absolute Gasteiger partial charge is 0.481 e. The van der Waals surface area contributed by atoms with Crippen molar-refractivity contribution in [3.8, 4) is 0 Å². The summed E-state index contributed by atoms with van der Waals surface area (Å²) in [6.45, 7) is 1.86. The van der Waals surface area contributed by atoms with Crippen LogP contribution in [0.5, 0.6) is 0 Å². The van der Waals surface area contributed by atoms with Crippen LogP contribution in [0, 0.1) is 18.8 Å². The minimum atomic E-state index is -1.01. The van der Waals surface area contributed by atoms with Gasteiger partial charge in [-0.15, -0.1) is 0 Å². The number of carbonyl (C=O) groups is 3. The van der Waals surface area contributed by atoms with E-state index in [1.54, 1.807) is 30.4 Å². The number of carboxylic acid groups (broad SMARTS) is 1. The highest BCUT2D eigenvalue weighted by molar-refractivity contribution is 5.96. The van der Waals surface area contributed by atoms with Crippen molar-refractivity contribution in [2.75, 3.05) is 0 Å². The lowest BCUT2D eigenvalue weighted by molar-refractivity contribution is -0.147. The van der Waals surface area contributed by atoms with Crippen molar-refractivity contribution in [3.05, 3.63) is 47.5 Å². The minimum Gasteiger partial charge on any atom is -0.481 e. The average Bonchev–Trinajstić information content (AvgIpc) is 2.52. The normalized spacial score (nSPS) is 20.2. The minimum absolute atomic E-state index is 0.319. The zero-order chi connectivity index (χ0) is 16.1. The summed E-state index contributed by atoms with van der Waals surface area (Å²) in [5.74, 6) is -3.37. The molecule has 0 radical (unpaired) electrons. The standard InChI is InChI=1S/C16H18N2O4/c1-10-5-4-6-11(9-10)14(19)17-18-15(20)12-7-2-3-8-13(12)16(21)22/h2-6,9,12-13H,7-8H2,1H3,(H,17,19)(H,18,20)(H,21,22). The molecule has 3 N–H and O–H groups in total. The van der Waals surface area contributed by atoms with E-state index in [-0.39, 0.29) is 0 Å². The van der Waals surface area contributed by atoms with Crippen molar-refractivity contribution < 1.29 is 19.5 Å². The molecule has 2 rings (SSSR count). The second-order valence-electron chi connectivity index (χ2n) is 5.31. The fraction of sp³-hybridized carbons (Fsp3) is 0.312. The Kier molecular flexibility index (Phi) is 4.93. The molecule has 2 amide bonds. The van der Waals surface area contributed by atoms with Crippen molar-refractivity contribution >= 4 is 17.8 Å². The molecule has 6 heteroatoms. The molecule has 116 valence electrons. The number of hydrogen-bond donors (Lipinski definition) is 3. The van der Waals surface area contributed by atoms with Crippen molar-refractivity contribution in [2.45, 2.75) is 19.8 Å². The van der Waals surface area contributed by atoms with Gasteiger partial charge < -0.3 is 5.11 Å². The molecule has 22 heavy (non-hydrogen) atoms. The van der Waals surface area contributed by atoms with Crippen LogP contribution in [0.3, 0.4) is 0 Å². The number of carbonyl (C=O) groups excluding carboxylic acids is 2. The van der Waals surface area contributed by atoms with Crippen LogP contribution in [-0.2, 0) is 9.59 Å². The third-order valence-electron chi connectivity index (χ3n) is 3.67. The zero-order valence-electron chi connectivity index (χ0n) is 12.2. The molecule has 0 aliphatic heterocycles. The van der Waals surface area contributed by atoms with Gasteiger partial charge in [-0.05, 0) is 31.9 Å². The number of allylic oxidation sites excluding steroid dienone is 2. The summed E-state index contributed by atoms with van der Waals surface area (Å²) in [6, 6.07) is 6.95. The summed E-state index contributed by atoms with van der Waals surface area (Å²) in [5, 5.41) is 9.14. The van der Waals surface area contributed by atoms with Crippen LogP contribution in [-0.4, -0.2) is 22.9 Å². The highest BCUT2D eigenvalue weighted by Gasteiger charge is 2.34. The van der Waals surface area contributed by atoms with Crippen molar-refractivity contribution in [3.63, 3.8) is 0 Å². The summed E-state index contributed by atoms with van der Waals surface area (Å²) < 4.78 is 0. The molecule has 0 saturated heterocycles. The molecule has 1 aromatic rings. The summed E-state index contributed by atoms with van der Waals surface area (Å²) in [4.78, 5) is 35.2. The Morgan fingerprint density at radius 3 is 2.41 bits per heavy atom. The van der Waals surface area contributed by atoms with E-state index in [4.69, 9.17) is 5.11 Å². The Morgan fingerprint density at radius 2 is 1.77 bits per heavy atom. The second-order valence-corrected chi connectivity index (χ2v) is 5.31. The third-order valence-corrected chi connectivity index (χ3v) is 3.67. The maximum Gasteiger partial charge on any atom is 0.307 e. The Bertz CT molecular complexity index is 624. The highest BCUT2D eigenvalue weighted by Crippen LogP contribution is 2.25. The Morgan fingerprint density at radius 1 is 1.09 bits per heavy atom. The molecule has 0 heterocycles. The van der Waals surface area contributed by atoms with Gasteiger partial charge in [-0.1, -0.05) is 29.8 Å². The fourth-order valence-corrected chi connectivity index (χ4v) is 2.45. The van der Waals surface area contributed by atoms with Gasteiger partial charge in [-0.25, -0.2) is 0 Å². The third kappa shape index (κ3) is 3.72. The SMILES string of the molecule is Cc1cccc(C(=O)NNC(=O)C2CC=CCC2C(=O)O)c1. The topological polar surface area (TPSA) is 95.5 Å². The Labute approximate surface area is 128 Å². The van der Waals surface area contributed by atoms with Crippen molar-refractivity contribution in [2.24, 2.45) is 11.8 Å². The number of nitrogens with one attached hydrogen (secondary N) is 2. The van der Waals surface area contributed by atoms with Crippen molar-refractivity contribution in [1.29, 1.82) is 0 Å². The lowest BCUT2D eigenvalue weighted by atomic mass is 9.82. The monoisotopic (exact) mass is 302 g/mol. The first-order valence-electron chi connectivity index (χ1n) is 7.03. The number of rotatable bonds is 3. The first kappa shape index (κ1) is 15.8. The van der Waals surface area contributed by atoms with Crippen molar-refractivity contribution in [1.82, 2.24) is 10.9 Å². The lowest BCUT2D eigenvalue weighted by Crippen LogP contribution is -2.47. The van der Waals surface area contributed by atoms with Gasteiger partial charge in [0, 0.05) is 5.56 Å². The predicted molar refractivity (Wildman–Crippen MR) is 79.8 cm³/mol. The molecule has 0 bridgehead atoms. The van der Waals surface area contributed by atoms with Gasteiger partial charge in [0.1, 0.15) is 0 Å². The summed E-state index contributed by atoms with van der Waals surface area (Å²) >= 11 is 0. The van der Waals surface area contributed by atoms with E-state index in [0.717, 1.165) is 5.56 Å². The summed E-state index contributed by atoms with van der Waals surface area (Å²) in [5.41, 5.74) is 6.01. The molecule has 6 nitrogen and oxygen atoms in total. The molecule has 0 fully saturated rings. The van der Waals surface area contributed by atoms with Gasteiger partial charge in [0.15, 0.2) is 0 Å². The van der Waals surface area contributed by atoms with Crippen LogP contribution >= 0.6 is 0 Å². The molecule has 2 unspecified atom stereocenters. The van der Waals surface area contributed by atoms with Crippen LogP contribution in [0.2, 0.25) is 0 Å². The summed E-state index contributed by atoms with van der Waals surface area (Å²) in [6.07, 6.45) is 4.21. The fourth-order valence-electron chi connectivity index (χ4n) is 2.45. The lowest BCUT2D eigenvalue weighted by Gasteiger charge is -2.24. The van der Waals surface area contributed by atoms with E-state index < -0.39 is 29.6 Å². The summed E-state index contributed by atoms with van der Waals surface area (Å²) in [7, 11) is 0. The van der Waals surface area contributed by atoms with Crippen LogP contribution in [0.4, 0.5) is 0 Å². The molecule has 0 spiro atoms. The zero-order valence-corrected chi connectivity index (χ0v) is 12.2. The van der Waals surface area contributed by atoms with Gasteiger partial charge >= 0.3 is 5.97 Å². The van der Waals surface area contributed by atoms with E-state index in [2.05, 4.69) is 10.9 Å². The van der Waals surface area contributed by atoms with E-state index in [0.29, 0.717) is 18.4 Å². The molecular weight excluding hydrogens is 284 g/mol. The molecule has 1 aliphatic rings. The Hall–Kier alpha value is -2.63. The van der Waals surface area contributed by atoms with Crippen LogP contribution in [0.25, 0.3) is 0 Å². The number of hydrogen-bond acceptors (Lipinski definition) is 3. The maximum absolute atomic E-state index is 12.1. The molecule has 1 aliphatic carbocycles. The number of aryl methyl sites for hydroxylation is 1. The van der Waals surface area contributed by atoms with Gasteiger partial charge in [0.05, 0.1) is 11.8 Å². The molecule has 0 aromatic heterocycles. The van der Waals surface area contributed by atoms with E-state index in [9.17, 15) is 14.4 Å². The van der Waals surface area contributed by atoms with Crippen LogP contribution in [0.15, 0.2) is 36.4 Å². The molecular formula is C16H18N2O4. The number of benzene rings is 1. The van der Waals surface area contributed by atoms with Gasteiger partial charge in [-0.3, -0.25) is 25.2 Å². The molecule has 1 aromatic carbocycles. The predicted octanol–water partition coefficient (Wildman–Crippen LogP) is 1.42.